The van der Waals surface area contributed by atoms with Gasteiger partial charge in [0, 0.05) is 13.1 Å². The van der Waals surface area contributed by atoms with E-state index in [1.165, 1.54) is 22.0 Å². The topological polar surface area (TPSA) is 75.7 Å². The number of ether oxygens (including phenoxy) is 1. The minimum atomic E-state index is -3.90. The molecule has 196 valence electrons. The summed E-state index contributed by atoms with van der Waals surface area (Å²) in [6.07, 6.45) is 1.02. The number of nitrogens with one attached hydrogen (secondary N) is 1. The molecule has 1 aliphatic rings. The zero-order valence-corrected chi connectivity index (χ0v) is 22.2. The molecule has 6 nitrogen and oxygen atoms in total. The van der Waals surface area contributed by atoms with Crippen LogP contribution in [0.25, 0.3) is 0 Å². The molecule has 0 radical (unpaired) electrons. The van der Waals surface area contributed by atoms with Gasteiger partial charge < -0.3 is 10.1 Å². The lowest BCUT2D eigenvalue weighted by molar-refractivity contribution is -0.124. The van der Waals surface area contributed by atoms with Crippen LogP contribution >= 0.6 is 0 Å². The number of sulfonamides is 1. The SMILES string of the molecule is CC(C)(C)c1ccc(COc2cccc(CNC(=O)[C@@H]3CCCN3S(=O)(=O)c3ccc(F)cc3)c2)cc1. The first kappa shape index (κ1) is 26.8. The summed E-state index contributed by atoms with van der Waals surface area (Å²) in [7, 11) is -3.90. The summed E-state index contributed by atoms with van der Waals surface area (Å²) >= 11 is 0. The van der Waals surface area contributed by atoms with Crippen LogP contribution in [0.3, 0.4) is 0 Å². The maximum atomic E-state index is 13.3. The fraction of sp³-hybridized carbons (Fsp3) is 0.345. The second-order valence-electron chi connectivity index (χ2n) is 10.3. The maximum absolute atomic E-state index is 13.3. The van der Waals surface area contributed by atoms with Gasteiger partial charge in [0.1, 0.15) is 24.2 Å². The molecule has 0 saturated carbocycles. The van der Waals surface area contributed by atoms with E-state index in [4.69, 9.17) is 4.74 Å². The number of carbonyl (C=O) groups is 1. The molecule has 3 aromatic rings. The Hall–Kier alpha value is -3.23. The van der Waals surface area contributed by atoms with Crippen molar-refractivity contribution in [1.82, 2.24) is 9.62 Å². The highest BCUT2D eigenvalue weighted by molar-refractivity contribution is 7.89. The molecule has 1 amide bonds. The van der Waals surface area contributed by atoms with Crippen LogP contribution in [0.15, 0.2) is 77.7 Å². The van der Waals surface area contributed by atoms with Crippen LogP contribution in [0.4, 0.5) is 4.39 Å². The second-order valence-corrected chi connectivity index (χ2v) is 12.2. The van der Waals surface area contributed by atoms with Crippen molar-refractivity contribution in [1.29, 1.82) is 0 Å². The number of hydrogen-bond donors (Lipinski definition) is 1. The van der Waals surface area contributed by atoms with Gasteiger partial charge in [0.2, 0.25) is 15.9 Å². The largest absolute Gasteiger partial charge is 0.489 e. The van der Waals surface area contributed by atoms with Crippen LogP contribution in [-0.4, -0.2) is 31.2 Å². The molecule has 1 saturated heterocycles. The minimum absolute atomic E-state index is 0.0218. The number of benzene rings is 3. The van der Waals surface area contributed by atoms with E-state index in [9.17, 15) is 17.6 Å². The number of hydrogen-bond acceptors (Lipinski definition) is 4. The Balaban J connectivity index is 1.35. The van der Waals surface area contributed by atoms with Crippen molar-refractivity contribution in [2.45, 2.75) is 63.1 Å². The van der Waals surface area contributed by atoms with Crippen molar-refractivity contribution in [3.8, 4) is 5.75 Å². The Kier molecular flexibility index (Phi) is 7.99. The standard InChI is InChI=1S/C29H33FN2O4S/c1-29(2,3)23-11-9-21(10-12-23)20-36-25-7-4-6-22(18-25)19-31-28(33)27-8-5-17-32(27)37(34,35)26-15-13-24(30)14-16-26/h4,6-7,9-16,18,27H,5,8,17,19-20H2,1-3H3,(H,31,33)/t27-/m0/s1. The van der Waals surface area contributed by atoms with E-state index in [0.29, 0.717) is 25.2 Å². The predicted octanol–water partition coefficient (Wildman–Crippen LogP) is 5.17. The average molecular weight is 525 g/mol. The normalized spacial score (nSPS) is 16.5. The molecule has 4 rings (SSSR count). The molecule has 3 aromatic carbocycles. The summed E-state index contributed by atoms with van der Waals surface area (Å²) in [5, 5.41) is 2.86. The highest BCUT2D eigenvalue weighted by Gasteiger charge is 2.39. The van der Waals surface area contributed by atoms with Gasteiger partial charge in [0.15, 0.2) is 0 Å². The summed E-state index contributed by atoms with van der Waals surface area (Å²) in [4.78, 5) is 12.9. The summed E-state index contributed by atoms with van der Waals surface area (Å²) in [6.45, 7) is 7.46. The number of nitrogens with zero attached hydrogens (tertiary/aromatic N) is 1. The van der Waals surface area contributed by atoms with E-state index >= 15 is 0 Å². The highest BCUT2D eigenvalue weighted by Crippen LogP contribution is 2.27. The van der Waals surface area contributed by atoms with Crippen molar-refractivity contribution >= 4 is 15.9 Å². The van der Waals surface area contributed by atoms with Crippen LogP contribution < -0.4 is 10.1 Å². The van der Waals surface area contributed by atoms with Gasteiger partial charge >= 0.3 is 0 Å². The van der Waals surface area contributed by atoms with Crippen molar-refractivity contribution in [2.75, 3.05) is 6.54 Å². The molecule has 0 aliphatic carbocycles. The molecular weight excluding hydrogens is 491 g/mol. The van der Waals surface area contributed by atoms with Gasteiger partial charge in [0.25, 0.3) is 0 Å². The average Bonchev–Trinajstić information content (AvgIpc) is 3.38. The van der Waals surface area contributed by atoms with E-state index in [-0.39, 0.29) is 29.3 Å². The molecule has 1 atom stereocenters. The zero-order chi connectivity index (χ0) is 26.6. The number of rotatable bonds is 8. The van der Waals surface area contributed by atoms with Gasteiger partial charge in [-0.1, -0.05) is 57.2 Å². The molecule has 1 N–H and O–H groups in total. The van der Waals surface area contributed by atoms with Gasteiger partial charge in [-0.3, -0.25) is 4.79 Å². The highest BCUT2D eigenvalue weighted by atomic mass is 32.2. The Bertz CT molecular complexity index is 1330. The summed E-state index contributed by atoms with van der Waals surface area (Å²) in [6, 6.07) is 19.7. The molecule has 1 fully saturated rings. The van der Waals surface area contributed by atoms with Crippen LogP contribution in [0.5, 0.6) is 5.75 Å². The van der Waals surface area contributed by atoms with E-state index in [1.807, 2.05) is 24.3 Å². The molecule has 1 heterocycles. The predicted molar refractivity (Wildman–Crippen MR) is 141 cm³/mol. The Morgan fingerprint density at radius 2 is 1.73 bits per heavy atom. The molecular formula is C29H33FN2O4S. The van der Waals surface area contributed by atoms with E-state index in [1.54, 1.807) is 0 Å². The Labute approximate surface area is 218 Å². The monoisotopic (exact) mass is 524 g/mol. The zero-order valence-electron chi connectivity index (χ0n) is 21.4. The first-order valence-electron chi connectivity index (χ1n) is 12.4. The third-order valence-electron chi connectivity index (χ3n) is 6.52. The van der Waals surface area contributed by atoms with Crippen molar-refractivity contribution in [3.63, 3.8) is 0 Å². The second kappa shape index (κ2) is 11.0. The third-order valence-corrected chi connectivity index (χ3v) is 8.44. The van der Waals surface area contributed by atoms with Crippen LogP contribution in [-0.2, 0) is 33.4 Å². The van der Waals surface area contributed by atoms with Gasteiger partial charge in [-0.05, 0) is 71.3 Å². The first-order valence-corrected chi connectivity index (χ1v) is 13.8. The van der Waals surface area contributed by atoms with Crippen molar-refractivity contribution in [3.05, 3.63) is 95.3 Å². The maximum Gasteiger partial charge on any atom is 0.243 e. The van der Waals surface area contributed by atoms with Gasteiger partial charge in [-0.25, -0.2) is 12.8 Å². The lowest BCUT2D eigenvalue weighted by Crippen LogP contribution is -2.45. The summed E-state index contributed by atoms with van der Waals surface area (Å²) in [5.41, 5.74) is 3.27. The molecule has 1 aliphatic heterocycles. The summed E-state index contributed by atoms with van der Waals surface area (Å²) < 4.78 is 46.5. The first-order chi connectivity index (χ1) is 17.5. The molecule has 8 heteroatoms. The van der Waals surface area contributed by atoms with Crippen LogP contribution in [0.2, 0.25) is 0 Å². The van der Waals surface area contributed by atoms with Gasteiger partial charge in [-0.15, -0.1) is 0 Å². The lowest BCUT2D eigenvalue weighted by atomic mass is 9.87. The third kappa shape index (κ3) is 6.56. The molecule has 0 spiro atoms. The van der Waals surface area contributed by atoms with Gasteiger partial charge in [0.05, 0.1) is 4.90 Å². The van der Waals surface area contributed by atoms with Crippen LogP contribution in [0, 0.1) is 5.82 Å². The smallest absolute Gasteiger partial charge is 0.243 e. The van der Waals surface area contributed by atoms with Crippen molar-refractivity contribution < 1.29 is 22.3 Å². The fourth-order valence-corrected chi connectivity index (χ4v) is 6.01. The van der Waals surface area contributed by atoms with Crippen LogP contribution in [0.1, 0.15) is 50.3 Å². The molecule has 0 bridgehead atoms. The fourth-order valence-electron chi connectivity index (χ4n) is 4.35. The minimum Gasteiger partial charge on any atom is -0.489 e. The summed E-state index contributed by atoms with van der Waals surface area (Å²) in [5.74, 6) is -0.180. The molecule has 37 heavy (non-hydrogen) atoms. The molecule has 0 unspecified atom stereocenters. The lowest BCUT2D eigenvalue weighted by Gasteiger charge is -2.23. The van der Waals surface area contributed by atoms with Crippen molar-refractivity contribution in [2.24, 2.45) is 0 Å². The van der Waals surface area contributed by atoms with E-state index < -0.39 is 21.9 Å². The number of halogens is 1. The Morgan fingerprint density at radius 3 is 2.41 bits per heavy atom. The Morgan fingerprint density at radius 1 is 1.03 bits per heavy atom. The quantitative estimate of drug-likeness (QED) is 0.441. The van der Waals surface area contributed by atoms with E-state index in [2.05, 4.69) is 50.4 Å². The van der Waals surface area contributed by atoms with Gasteiger partial charge in [-0.2, -0.15) is 4.31 Å². The number of carbonyl (C=O) groups excluding carboxylic acids is 1. The van der Waals surface area contributed by atoms with E-state index in [0.717, 1.165) is 23.3 Å². The molecule has 0 aromatic heterocycles. The number of amides is 1.